The molecule has 0 aliphatic heterocycles. The number of hydrogen-bond donors (Lipinski definition) is 1. The van der Waals surface area contributed by atoms with Gasteiger partial charge in [0.2, 0.25) is 0 Å². The molecular weight excluding hydrogens is 250 g/mol. The van der Waals surface area contributed by atoms with Crippen LogP contribution in [0, 0.1) is 0 Å². The van der Waals surface area contributed by atoms with E-state index in [9.17, 15) is 4.79 Å². The molecule has 0 aromatic heterocycles. The van der Waals surface area contributed by atoms with Gasteiger partial charge >= 0.3 is 5.97 Å². The molecule has 1 aromatic carbocycles. The van der Waals surface area contributed by atoms with E-state index in [4.69, 9.17) is 19.3 Å². The molecule has 1 N–H and O–H groups in total. The predicted molar refractivity (Wildman–Crippen MR) is 70.1 cm³/mol. The van der Waals surface area contributed by atoms with Gasteiger partial charge in [-0.2, -0.15) is 0 Å². The van der Waals surface area contributed by atoms with Gasteiger partial charge in [-0.3, -0.25) is 9.69 Å². The summed E-state index contributed by atoms with van der Waals surface area (Å²) in [7, 11) is 6.38. The second-order valence-corrected chi connectivity index (χ2v) is 4.09. The Morgan fingerprint density at radius 1 is 1.11 bits per heavy atom. The van der Waals surface area contributed by atoms with Gasteiger partial charge in [-0.25, -0.2) is 0 Å². The molecule has 0 aliphatic carbocycles. The van der Waals surface area contributed by atoms with Gasteiger partial charge in [0, 0.05) is 18.2 Å². The summed E-state index contributed by atoms with van der Waals surface area (Å²) in [5.74, 6) is 0.919. The molecule has 0 heterocycles. The lowest BCUT2D eigenvalue weighted by Crippen LogP contribution is -2.25. The van der Waals surface area contributed by atoms with E-state index in [0.29, 0.717) is 23.8 Å². The van der Waals surface area contributed by atoms with Crippen molar-refractivity contribution in [2.24, 2.45) is 0 Å². The lowest BCUT2D eigenvalue weighted by Gasteiger charge is -2.18. The van der Waals surface area contributed by atoms with Gasteiger partial charge in [-0.1, -0.05) is 0 Å². The number of ether oxygens (including phenoxy) is 3. The Bertz CT molecular complexity index is 447. The average Bonchev–Trinajstić information content (AvgIpc) is 2.37. The molecule has 0 bridgehead atoms. The number of hydrogen-bond acceptors (Lipinski definition) is 5. The first kappa shape index (κ1) is 15.1. The highest BCUT2D eigenvalue weighted by atomic mass is 16.5. The van der Waals surface area contributed by atoms with E-state index < -0.39 is 5.97 Å². The van der Waals surface area contributed by atoms with Crippen LogP contribution in [0.4, 0.5) is 0 Å². The number of rotatable bonds is 7. The summed E-state index contributed by atoms with van der Waals surface area (Å²) in [6, 6.07) is 3.51. The number of methoxy groups -OCH3 is 3. The molecule has 106 valence electrons. The molecular formula is C13H19NO5. The van der Waals surface area contributed by atoms with Crippen molar-refractivity contribution in [2.75, 3.05) is 34.9 Å². The number of carbonyl (C=O) groups is 1. The molecule has 0 aliphatic rings. The zero-order valence-electron chi connectivity index (χ0n) is 11.6. The zero-order chi connectivity index (χ0) is 14.4. The molecule has 0 radical (unpaired) electrons. The van der Waals surface area contributed by atoms with Crippen molar-refractivity contribution < 1.29 is 24.1 Å². The fraction of sp³-hybridized carbons (Fsp3) is 0.462. The van der Waals surface area contributed by atoms with Crippen LogP contribution in [0.25, 0.3) is 0 Å². The van der Waals surface area contributed by atoms with E-state index >= 15 is 0 Å². The van der Waals surface area contributed by atoms with Crippen LogP contribution in [0.15, 0.2) is 12.1 Å². The molecule has 6 heteroatoms. The van der Waals surface area contributed by atoms with Gasteiger partial charge in [0.25, 0.3) is 0 Å². The van der Waals surface area contributed by atoms with Crippen molar-refractivity contribution in [1.29, 1.82) is 0 Å². The van der Waals surface area contributed by atoms with Crippen molar-refractivity contribution in [2.45, 2.75) is 6.54 Å². The SMILES string of the molecule is COc1cc(OC)c(OC)cc1CN(C)CC(=O)O. The van der Waals surface area contributed by atoms with Gasteiger partial charge in [0.15, 0.2) is 11.5 Å². The summed E-state index contributed by atoms with van der Waals surface area (Å²) in [4.78, 5) is 12.3. The quantitative estimate of drug-likeness (QED) is 0.803. The Labute approximate surface area is 112 Å². The fourth-order valence-corrected chi connectivity index (χ4v) is 1.79. The molecule has 0 fully saturated rings. The number of benzene rings is 1. The van der Waals surface area contributed by atoms with E-state index in [-0.39, 0.29) is 6.54 Å². The van der Waals surface area contributed by atoms with E-state index in [1.165, 1.54) is 0 Å². The lowest BCUT2D eigenvalue weighted by molar-refractivity contribution is -0.138. The highest BCUT2D eigenvalue weighted by Gasteiger charge is 2.14. The van der Waals surface area contributed by atoms with Crippen molar-refractivity contribution in [3.05, 3.63) is 17.7 Å². The first-order valence-electron chi connectivity index (χ1n) is 5.71. The molecule has 0 saturated carbocycles. The maximum absolute atomic E-state index is 10.7. The normalized spacial score (nSPS) is 10.4. The Morgan fingerprint density at radius 2 is 1.63 bits per heavy atom. The van der Waals surface area contributed by atoms with Crippen LogP contribution in [-0.4, -0.2) is 50.9 Å². The van der Waals surface area contributed by atoms with Gasteiger partial charge < -0.3 is 19.3 Å². The molecule has 1 rings (SSSR count). The van der Waals surface area contributed by atoms with Crippen LogP contribution in [-0.2, 0) is 11.3 Å². The number of nitrogens with zero attached hydrogens (tertiary/aromatic N) is 1. The molecule has 0 spiro atoms. The summed E-state index contributed by atoms with van der Waals surface area (Å²) < 4.78 is 15.7. The van der Waals surface area contributed by atoms with Crippen LogP contribution in [0.5, 0.6) is 17.2 Å². The molecule has 19 heavy (non-hydrogen) atoms. The molecule has 0 atom stereocenters. The van der Waals surface area contributed by atoms with Crippen LogP contribution in [0.2, 0.25) is 0 Å². The van der Waals surface area contributed by atoms with Crippen LogP contribution in [0.3, 0.4) is 0 Å². The highest BCUT2D eigenvalue weighted by Crippen LogP contribution is 2.34. The third kappa shape index (κ3) is 4.03. The topological polar surface area (TPSA) is 68.2 Å². The van der Waals surface area contributed by atoms with E-state index in [1.54, 1.807) is 45.4 Å². The van der Waals surface area contributed by atoms with Crippen molar-refractivity contribution in [1.82, 2.24) is 4.90 Å². The summed E-state index contributed by atoms with van der Waals surface area (Å²) in [5, 5.41) is 8.75. The molecule has 0 amide bonds. The zero-order valence-corrected chi connectivity index (χ0v) is 11.6. The second kappa shape index (κ2) is 6.84. The molecule has 0 unspecified atom stereocenters. The molecule has 6 nitrogen and oxygen atoms in total. The Kier molecular flexibility index (Phi) is 5.44. The maximum atomic E-state index is 10.7. The maximum Gasteiger partial charge on any atom is 0.317 e. The second-order valence-electron chi connectivity index (χ2n) is 4.09. The number of likely N-dealkylation sites (N-methyl/N-ethyl adjacent to an activating group) is 1. The standard InChI is InChI=1S/C13H19NO5/c1-14(8-13(15)16)7-9-5-11(18-3)12(19-4)6-10(9)17-2/h5-6H,7-8H2,1-4H3,(H,15,16). The monoisotopic (exact) mass is 269 g/mol. The minimum absolute atomic E-state index is 0.0441. The van der Waals surface area contributed by atoms with E-state index in [2.05, 4.69) is 0 Å². The third-order valence-electron chi connectivity index (χ3n) is 2.63. The van der Waals surface area contributed by atoms with E-state index in [0.717, 1.165) is 5.56 Å². The summed E-state index contributed by atoms with van der Waals surface area (Å²) in [5.41, 5.74) is 0.837. The fourth-order valence-electron chi connectivity index (χ4n) is 1.79. The lowest BCUT2D eigenvalue weighted by atomic mass is 10.1. The summed E-state index contributed by atoms with van der Waals surface area (Å²) >= 11 is 0. The number of carboxylic acid groups (broad SMARTS) is 1. The van der Waals surface area contributed by atoms with Gasteiger partial charge in [-0.15, -0.1) is 0 Å². The van der Waals surface area contributed by atoms with Crippen LogP contribution < -0.4 is 14.2 Å². The molecule has 1 aromatic rings. The van der Waals surface area contributed by atoms with Gasteiger partial charge in [0.05, 0.1) is 27.9 Å². The van der Waals surface area contributed by atoms with E-state index in [1.807, 2.05) is 0 Å². The third-order valence-corrected chi connectivity index (χ3v) is 2.63. The van der Waals surface area contributed by atoms with Gasteiger partial charge in [0.1, 0.15) is 5.75 Å². The van der Waals surface area contributed by atoms with Crippen molar-refractivity contribution >= 4 is 5.97 Å². The highest BCUT2D eigenvalue weighted by molar-refractivity contribution is 5.69. The Balaban J connectivity index is 3.01. The first-order chi connectivity index (χ1) is 9.01. The minimum Gasteiger partial charge on any atom is -0.496 e. The molecule has 0 saturated heterocycles. The van der Waals surface area contributed by atoms with Gasteiger partial charge in [-0.05, 0) is 13.1 Å². The summed E-state index contributed by atoms with van der Waals surface area (Å²) in [6.45, 7) is 0.396. The number of carboxylic acids is 1. The predicted octanol–water partition coefficient (Wildman–Crippen LogP) is 1.23. The van der Waals surface area contributed by atoms with Crippen LogP contribution >= 0.6 is 0 Å². The first-order valence-corrected chi connectivity index (χ1v) is 5.71. The average molecular weight is 269 g/mol. The Morgan fingerprint density at radius 3 is 2.11 bits per heavy atom. The number of aliphatic carboxylic acids is 1. The van der Waals surface area contributed by atoms with Crippen molar-refractivity contribution in [3.8, 4) is 17.2 Å². The smallest absolute Gasteiger partial charge is 0.317 e. The van der Waals surface area contributed by atoms with Crippen LogP contribution in [0.1, 0.15) is 5.56 Å². The van der Waals surface area contributed by atoms with Crippen molar-refractivity contribution in [3.63, 3.8) is 0 Å². The summed E-state index contributed by atoms with van der Waals surface area (Å²) in [6.07, 6.45) is 0. The largest absolute Gasteiger partial charge is 0.496 e. The minimum atomic E-state index is -0.873. The Hall–Kier alpha value is -1.95.